The molecule has 0 aliphatic carbocycles. The first kappa shape index (κ1) is 19.3. The maximum Gasteiger partial charge on any atom is 0.231 e. The molecule has 9 heteroatoms. The number of hydrogen-bond donors (Lipinski definition) is 3. The smallest absolute Gasteiger partial charge is 0.231 e. The van der Waals surface area contributed by atoms with Gasteiger partial charge in [0.1, 0.15) is 0 Å². The summed E-state index contributed by atoms with van der Waals surface area (Å²) in [4.78, 5) is 4.15. The van der Waals surface area contributed by atoms with Crippen LogP contribution in [0.4, 0.5) is 0 Å². The van der Waals surface area contributed by atoms with Crippen molar-refractivity contribution in [2.24, 2.45) is 4.99 Å². The van der Waals surface area contributed by atoms with Crippen molar-refractivity contribution < 1.29 is 17.9 Å². The van der Waals surface area contributed by atoms with Crippen LogP contribution in [0.5, 0.6) is 11.5 Å². The number of guanidine groups is 1. The van der Waals surface area contributed by atoms with E-state index >= 15 is 0 Å². The molecule has 140 valence electrons. The maximum absolute atomic E-state index is 11.4. The van der Waals surface area contributed by atoms with E-state index in [-0.39, 0.29) is 6.79 Å². The molecule has 0 amide bonds. The van der Waals surface area contributed by atoms with E-state index in [0.29, 0.717) is 19.0 Å². The van der Waals surface area contributed by atoms with Gasteiger partial charge in [-0.2, -0.15) is 0 Å². The van der Waals surface area contributed by atoms with E-state index < -0.39 is 15.6 Å². The molecule has 0 saturated heterocycles. The number of aliphatic imine (C=N–C) groups is 1. The molecule has 0 atom stereocenters. The monoisotopic (exact) mass is 370 g/mol. The van der Waals surface area contributed by atoms with E-state index in [4.69, 9.17) is 9.47 Å². The molecule has 0 spiro atoms. The number of fused-ring (bicyclic) bond motifs is 1. The SMILES string of the molecule is CN=C(NCCc1ccc2c(c1)OCO2)NCC(C)(C)NS(C)(=O)=O. The molecule has 0 fully saturated rings. The van der Waals surface area contributed by atoms with Crippen molar-refractivity contribution in [3.8, 4) is 11.5 Å². The van der Waals surface area contributed by atoms with Gasteiger partial charge in [-0.1, -0.05) is 6.07 Å². The van der Waals surface area contributed by atoms with Gasteiger partial charge in [-0.15, -0.1) is 0 Å². The van der Waals surface area contributed by atoms with E-state index in [1.807, 2.05) is 18.2 Å². The topological polar surface area (TPSA) is 101 Å². The van der Waals surface area contributed by atoms with Gasteiger partial charge in [0, 0.05) is 25.7 Å². The summed E-state index contributed by atoms with van der Waals surface area (Å²) in [5.41, 5.74) is 0.508. The molecule has 2 rings (SSSR count). The van der Waals surface area contributed by atoms with Gasteiger partial charge in [-0.25, -0.2) is 13.1 Å². The molecular formula is C16H26N4O4S. The Hall–Kier alpha value is -2.00. The molecule has 1 aromatic carbocycles. The van der Waals surface area contributed by atoms with Gasteiger partial charge in [-0.05, 0) is 38.0 Å². The van der Waals surface area contributed by atoms with Gasteiger partial charge in [0.15, 0.2) is 17.5 Å². The van der Waals surface area contributed by atoms with Crippen molar-refractivity contribution in [3.63, 3.8) is 0 Å². The Morgan fingerprint density at radius 2 is 1.96 bits per heavy atom. The fourth-order valence-corrected chi connectivity index (χ4v) is 3.56. The first-order chi connectivity index (χ1) is 11.7. The van der Waals surface area contributed by atoms with E-state index in [2.05, 4.69) is 20.3 Å². The molecule has 3 N–H and O–H groups in total. The number of benzene rings is 1. The van der Waals surface area contributed by atoms with Crippen LogP contribution < -0.4 is 24.8 Å². The summed E-state index contributed by atoms with van der Waals surface area (Å²) < 4.78 is 36.0. The van der Waals surface area contributed by atoms with Gasteiger partial charge in [-0.3, -0.25) is 4.99 Å². The van der Waals surface area contributed by atoms with Crippen LogP contribution >= 0.6 is 0 Å². The lowest BCUT2D eigenvalue weighted by Gasteiger charge is -2.26. The first-order valence-corrected chi connectivity index (χ1v) is 9.90. The molecule has 1 aliphatic heterocycles. The van der Waals surface area contributed by atoms with Gasteiger partial charge in [0.2, 0.25) is 16.8 Å². The summed E-state index contributed by atoms with van der Waals surface area (Å²) >= 11 is 0. The van der Waals surface area contributed by atoms with Gasteiger partial charge >= 0.3 is 0 Å². The highest BCUT2D eigenvalue weighted by Gasteiger charge is 2.22. The number of sulfonamides is 1. The average molecular weight is 370 g/mol. The third kappa shape index (κ3) is 6.43. The summed E-state index contributed by atoms with van der Waals surface area (Å²) in [7, 11) is -1.59. The van der Waals surface area contributed by atoms with Crippen LogP contribution in [0, 0.1) is 0 Å². The average Bonchev–Trinajstić information content (AvgIpc) is 2.95. The third-order valence-corrected chi connectivity index (χ3v) is 4.45. The van der Waals surface area contributed by atoms with Crippen molar-refractivity contribution in [3.05, 3.63) is 23.8 Å². The van der Waals surface area contributed by atoms with Crippen LogP contribution in [-0.4, -0.2) is 53.1 Å². The quantitative estimate of drug-likeness (QED) is 0.476. The van der Waals surface area contributed by atoms with Crippen molar-refractivity contribution in [2.75, 3.05) is 33.2 Å². The summed E-state index contributed by atoms with van der Waals surface area (Å²) in [6.45, 7) is 4.97. The molecule has 0 unspecified atom stereocenters. The molecule has 1 aromatic rings. The minimum absolute atomic E-state index is 0.269. The van der Waals surface area contributed by atoms with E-state index in [9.17, 15) is 8.42 Å². The number of rotatable bonds is 7. The van der Waals surface area contributed by atoms with E-state index in [1.165, 1.54) is 0 Å². The van der Waals surface area contributed by atoms with Crippen LogP contribution in [-0.2, 0) is 16.4 Å². The van der Waals surface area contributed by atoms with Crippen LogP contribution in [0.3, 0.4) is 0 Å². The summed E-state index contributed by atoms with van der Waals surface area (Å²) in [5.74, 6) is 2.16. The number of hydrogen-bond acceptors (Lipinski definition) is 5. The van der Waals surface area contributed by atoms with Crippen molar-refractivity contribution >= 4 is 16.0 Å². The second-order valence-electron chi connectivity index (χ2n) is 6.55. The fourth-order valence-electron chi connectivity index (χ4n) is 2.48. The first-order valence-electron chi connectivity index (χ1n) is 8.00. The molecule has 0 aromatic heterocycles. The summed E-state index contributed by atoms with van der Waals surface area (Å²) in [5, 5.41) is 6.34. The standard InChI is InChI=1S/C16H26N4O4S/c1-16(2,20-25(4,21)22)10-19-15(17-3)18-8-7-12-5-6-13-14(9-12)24-11-23-13/h5-6,9,20H,7-8,10-11H2,1-4H3,(H2,17,18,19). The van der Waals surface area contributed by atoms with Crippen molar-refractivity contribution in [1.82, 2.24) is 15.4 Å². The van der Waals surface area contributed by atoms with Crippen LogP contribution in [0.15, 0.2) is 23.2 Å². The summed E-state index contributed by atoms with van der Waals surface area (Å²) in [6, 6.07) is 5.88. The molecule has 8 nitrogen and oxygen atoms in total. The lowest BCUT2D eigenvalue weighted by atomic mass is 10.1. The third-order valence-electron chi connectivity index (χ3n) is 3.53. The minimum Gasteiger partial charge on any atom is -0.454 e. The Morgan fingerprint density at radius 3 is 2.64 bits per heavy atom. The Bertz CT molecular complexity index is 732. The van der Waals surface area contributed by atoms with E-state index in [1.54, 1.807) is 20.9 Å². The number of nitrogens with one attached hydrogen (secondary N) is 3. The predicted molar refractivity (Wildman–Crippen MR) is 97.7 cm³/mol. The van der Waals surface area contributed by atoms with E-state index in [0.717, 1.165) is 29.7 Å². The zero-order chi connectivity index (χ0) is 18.5. The molecular weight excluding hydrogens is 344 g/mol. The Kier molecular flexibility index (Phi) is 6.12. The largest absolute Gasteiger partial charge is 0.454 e. The van der Waals surface area contributed by atoms with Crippen LogP contribution in [0.1, 0.15) is 19.4 Å². The Morgan fingerprint density at radius 1 is 1.24 bits per heavy atom. The number of ether oxygens (including phenoxy) is 2. The molecule has 1 aliphatic rings. The second kappa shape index (κ2) is 7.92. The van der Waals surface area contributed by atoms with Gasteiger partial charge in [0.25, 0.3) is 0 Å². The highest BCUT2D eigenvalue weighted by molar-refractivity contribution is 7.88. The lowest BCUT2D eigenvalue weighted by molar-refractivity contribution is 0.174. The zero-order valence-corrected chi connectivity index (χ0v) is 15.9. The number of nitrogens with zero attached hydrogens (tertiary/aromatic N) is 1. The Balaban J connectivity index is 1.79. The molecule has 0 saturated carbocycles. The predicted octanol–water partition coefficient (Wildman–Crippen LogP) is 0.451. The molecule has 0 radical (unpaired) electrons. The Labute approximate surface area is 149 Å². The molecule has 0 bridgehead atoms. The molecule has 1 heterocycles. The van der Waals surface area contributed by atoms with Crippen molar-refractivity contribution in [2.45, 2.75) is 25.8 Å². The zero-order valence-electron chi connectivity index (χ0n) is 15.0. The van der Waals surface area contributed by atoms with Crippen LogP contribution in [0.25, 0.3) is 0 Å². The lowest BCUT2D eigenvalue weighted by Crippen LogP contribution is -2.53. The van der Waals surface area contributed by atoms with Gasteiger partial charge < -0.3 is 20.1 Å². The van der Waals surface area contributed by atoms with Crippen molar-refractivity contribution in [1.29, 1.82) is 0 Å². The highest BCUT2D eigenvalue weighted by atomic mass is 32.2. The van der Waals surface area contributed by atoms with Crippen LogP contribution in [0.2, 0.25) is 0 Å². The van der Waals surface area contributed by atoms with Gasteiger partial charge in [0.05, 0.1) is 6.26 Å². The minimum atomic E-state index is -3.27. The summed E-state index contributed by atoms with van der Waals surface area (Å²) in [6.07, 6.45) is 1.94. The fraction of sp³-hybridized carbons (Fsp3) is 0.562. The maximum atomic E-state index is 11.4. The molecule has 25 heavy (non-hydrogen) atoms. The second-order valence-corrected chi connectivity index (χ2v) is 8.30. The normalized spacial score (nSPS) is 14.5. The highest BCUT2D eigenvalue weighted by Crippen LogP contribution is 2.32.